The minimum Gasteiger partial charge on any atom is -0.391 e. The van der Waals surface area contributed by atoms with Crippen molar-refractivity contribution >= 4 is 28.6 Å². The number of fused-ring (bicyclic) bond motifs is 1. The first-order valence-corrected chi connectivity index (χ1v) is 9.46. The molecule has 0 radical (unpaired) electrons. The maximum Gasteiger partial charge on any atom is 0.166 e. The average Bonchev–Trinajstić information content (AvgIpc) is 3.22. The van der Waals surface area contributed by atoms with Gasteiger partial charge in [-0.25, -0.2) is 15.0 Å². The molecule has 0 amide bonds. The molecule has 0 aliphatic carbocycles. The molecule has 1 fully saturated rings. The van der Waals surface area contributed by atoms with E-state index in [0.29, 0.717) is 18.1 Å². The van der Waals surface area contributed by atoms with E-state index in [2.05, 4.69) is 35.6 Å². The van der Waals surface area contributed by atoms with Gasteiger partial charge >= 0.3 is 0 Å². The number of aromatic nitrogens is 5. The predicted molar refractivity (Wildman–Crippen MR) is 105 cm³/mol. The SMILES string of the molecule is CC(C)(C)c1nc(N2CCC(O)C2)c2ncn(Cc3ncccc3Cl)c2n1. The average molecular weight is 387 g/mol. The Hall–Kier alpha value is -2.25. The third-order valence-corrected chi connectivity index (χ3v) is 5.08. The number of β-amino-alcohol motifs (C(OH)–C–C–N with tert-alkyl or cyclic N) is 1. The van der Waals surface area contributed by atoms with Crippen LogP contribution in [-0.2, 0) is 12.0 Å². The number of hydrogen-bond acceptors (Lipinski definition) is 6. The number of hydrogen-bond donors (Lipinski definition) is 1. The first kappa shape index (κ1) is 18.1. The van der Waals surface area contributed by atoms with Crippen LogP contribution < -0.4 is 4.90 Å². The number of aliphatic hydroxyl groups excluding tert-OH is 1. The molecule has 142 valence electrons. The van der Waals surface area contributed by atoms with Crippen LogP contribution in [0.3, 0.4) is 0 Å². The molecule has 0 spiro atoms. The molecule has 1 N–H and O–H groups in total. The molecule has 4 heterocycles. The molecule has 0 bridgehead atoms. The van der Waals surface area contributed by atoms with Gasteiger partial charge in [0.15, 0.2) is 17.0 Å². The Kier molecular flexibility index (Phi) is 4.52. The molecule has 8 heteroatoms. The first-order chi connectivity index (χ1) is 12.8. The van der Waals surface area contributed by atoms with E-state index < -0.39 is 0 Å². The molecule has 0 saturated carbocycles. The summed E-state index contributed by atoms with van der Waals surface area (Å²) in [6, 6.07) is 3.64. The van der Waals surface area contributed by atoms with E-state index in [9.17, 15) is 5.11 Å². The Morgan fingerprint density at radius 3 is 2.74 bits per heavy atom. The second-order valence-electron chi connectivity index (χ2n) is 7.99. The van der Waals surface area contributed by atoms with Crippen molar-refractivity contribution in [2.75, 3.05) is 18.0 Å². The minimum absolute atomic E-state index is 0.209. The number of imidazole rings is 1. The molecule has 3 aromatic heterocycles. The first-order valence-electron chi connectivity index (χ1n) is 9.08. The fraction of sp³-hybridized carbons (Fsp3) is 0.474. The maximum atomic E-state index is 9.96. The van der Waals surface area contributed by atoms with Gasteiger partial charge in [-0.3, -0.25) is 4.98 Å². The van der Waals surface area contributed by atoms with E-state index in [1.54, 1.807) is 12.5 Å². The standard InChI is InChI=1S/C19H23ClN6O/c1-19(2,3)18-23-16(25-8-6-12(27)9-25)15-17(24-18)26(11-22-15)10-14-13(20)5-4-7-21-14/h4-5,7,11-12,27H,6,8-10H2,1-3H3. The molecule has 1 aliphatic rings. The van der Waals surface area contributed by atoms with Crippen molar-refractivity contribution in [2.24, 2.45) is 0 Å². The number of pyridine rings is 1. The smallest absolute Gasteiger partial charge is 0.166 e. The second kappa shape index (κ2) is 6.73. The van der Waals surface area contributed by atoms with Gasteiger partial charge in [-0.05, 0) is 18.6 Å². The summed E-state index contributed by atoms with van der Waals surface area (Å²) in [5.74, 6) is 1.53. The van der Waals surface area contributed by atoms with Crippen molar-refractivity contribution in [1.82, 2.24) is 24.5 Å². The molecular formula is C19H23ClN6O. The van der Waals surface area contributed by atoms with Crippen molar-refractivity contribution in [3.05, 3.63) is 41.2 Å². The predicted octanol–water partition coefficient (Wildman–Crippen LogP) is 2.79. The monoisotopic (exact) mass is 386 g/mol. The zero-order valence-electron chi connectivity index (χ0n) is 15.7. The fourth-order valence-corrected chi connectivity index (χ4v) is 3.41. The Balaban J connectivity index is 1.84. The van der Waals surface area contributed by atoms with Gasteiger partial charge in [-0.15, -0.1) is 0 Å². The summed E-state index contributed by atoms with van der Waals surface area (Å²) in [6.07, 6.45) is 3.89. The summed E-state index contributed by atoms with van der Waals surface area (Å²) < 4.78 is 1.95. The largest absolute Gasteiger partial charge is 0.391 e. The fourth-order valence-electron chi connectivity index (χ4n) is 3.23. The van der Waals surface area contributed by atoms with Gasteiger partial charge in [0.25, 0.3) is 0 Å². The number of anilines is 1. The van der Waals surface area contributed by atoms with Gasteiger partial charge in [0.2, 0.25) is 0 Å². The van der Waals surface area contributed by atoms with E-state index in [1.807, 2.05) is 16.7 Å². The number of nitrogens with zero attached hydrogens (tertiary/aromatic N) is 6. The van der Waals surface area contributed by atoms with Crippen LogP contribution in [0.1, 0.15) is 38.7 Å². The van der Waals surface area contributed by atoms with Crippen molar-refractivity contribution in [2.45, 2.75) is 45.3 Å². The summed E-state index contributed by atoms with van der Waals surface area (Å²) in [5, 5.41) is 10.6. The molecule has 1 atom stereocenters. The van der Waals surface area contributed by atoms with E-state index in [4.69, 9.17) is 21.6 Å². The topological polar surface area (TPSA) is 80.0 Å². The Labute approximate surface area is 163 Å². The van der Waals surface area contributed by atoms with Crippen LogP contribution in [-0.4, -0.2) is 48.8 Å². The Bertz CT molecular complexity index is 980. The third kappa shape index (κ3) is 3.49. The summed E-state index contributed by atoms with van der Waals surface area (Å²) in [7, 11) is 0. The van der Waals surface area contributed by atoms with Crippen molar-refractivity contribution in [1.29, 1.82) is 0 Å². The van der Waals surface area contributed by atoms with E-state index in [1.165, 1.54) is 0 Å². The lowest BCUT2D eigenvalue weighted by molar-refractivity contribution is 0.198. The van der Waals surface area contributed by atoms with Crippen LogP contribution in [0.15, 0.2) is 24.7 Å². The van der Waals surface area contributed by atoms with Crippen LogP contribution >= 0.6 is 11.6 Å². The Morgan fingerprint density at radius 2 is 2.07 bits per heavy atom. The number of aliphatic hydroxyl groups is 1. The van der Waals surface area contributed by atoms with Gasteiger partial charge in [-0.1, -0.05) is 32.4 Å². The number of halogens is 1. The molecule has 1 unspecified atom stereocenters. The van der Waals surface area contributed by atoms with Gasteiger partial charge in [0.05, 0.1) is 29.7 Å². The van der Waals surface area contributed by atoms with Gasteiger partial charge in [-0.2, -0.15) is 0 Å². The maximum absolute atomic E-state index is 9.96. The second-order valence-corrected chi connectivity index (χ2v) is 8.39. The molecule has 3 aromatic rings. The van der Waals surface area contributed by atoms with Crippen LogP contribution in [0.25, 0.3) is 11.2 Å². The summed E-state index contributed by atoms with van der Waals surface area (Å²) in [6.45, 7) is 8.08. The van der Waals surface area contributed by atoms with Crippen LogP contribution in [0.5, 0.6) is 0 Å². The molecule has 1 saturated heterocycles. The van der Waals surface area contributed by atoms with Crippen molar-refractivity contribution in [3.8, 4) is 0 Å². The highest BCUT2D eigenvalue weighted by atomic mass is 35.5. The normalized spacial score (nSPS) is 17.8. The zero-order valence-corrected chi connectivity index (χ0v) is 16.5. The lowest BCUT2D eigenvalue weighted by atomic mass is 9.96. The van der Waals surface area contributed by atoms with E-state index in [-0.39, 0.29) is 11.5 Å². The van der Waals surface area contributed by atoms with Gasteiger partial charge in [0, 0.05) is 24.7 Å². The molecule has 27 heavy (non-hydrogen) atoms. The third-order valence-electron chi connectivity index (χ3n) is 4.73. The molecule has 4 rings (SSSR count). The highest BCUT2D eigenvalue weighted by Crippen LogP contribution is 2.30. The summed E-state index contributed by atoms with van der Waals surface area (Å²) in [5.41, 5.74) is 2.06. The molecule has 1 aliphatic heterocycles. The lowest BCUT2D eigenvalue weighted by Crippen LogP contribution is -2.25. The van der Waals surface area contributed by atoms with Crippen molar-refractivity contribution < 1.29 is 5.11 Å². The van der Waals surface area contributed by atoms with Crippen molar-refractivity contribution in [3.63, 3.8) is 0 Å². The molecule has 0 aromatic carbocycles. The van der Waals surface area contributed by atoms with E-state index >= 15 is 0 Å². The minimum atomic E-state index is -0.331. The Morgan fingerprint density at radius 1 is 1.26 bits per heavy atom. The molecular weight excluding hydrogens is 364 g/mol. The van der Waals surface area contributed by atoms with E-state index in [0.717, 1.165) is 41.5 Å². The van der Waals surface area contributed by atoms with Crippen LogP contribution in [0.2, 0.25) is 5.02 Å². The number of rotatable bonds is 3. The lowest BCUT2D eigenvalue weighted by Gasteiger charge is -2.22. The van der Waals surface area contributed by atoms with Gasteiger partial charge < -0.3 is 14.6 Å². The summed E-state index contributed by atoms with van der Waals surface area (Å²) >= 11 is 6.28. The zero-order chi connectivity index (χ0) is 19.2. The molecule has 7 nitrogen and oxygen atoms in total. The van der Waals surface area contributed by atoms with Crippen LogP contribution in [0, 0.1) is 0 Å². The van der Waals surface area contributed by atoms with Crippen LogP contribution in [0.4, 0.5) is 5.82 Å². The van der Waals surface area contributed by atoms with Gasteiger partial charge in [0.1, 0.15) is 5.82 Å². The summed E-state index contributed by atoms with van der Waals surface area (Å²) in [4.78, 5) is 20.7. The highest BCUT2D eigenvalue weighted by molar-refractivity contribution is 6.31. The quantitative estimate of drug-likeness (QED) is 0.745. The highest BCUT2D eigenvalue weighted by Gasteiger charge is 2.28.